The Morgan fingerprint density at radius 2 is 1.85 bits per heavy atom. The molecule has 0 heterocycles. The summed E-state index contributed by atoms with van der Waals surface area (Å²) >= 11 is 5.93. The first-order valence-corrected chi connectivity index (χ1v) is 10.5. The minimum absolute atomic E-state index is 0.157. The van der Waals surface area contributed by atoms with Crippen molar-refractivity contribution in [1.29, 1.82) is 0 Å². The molecule has 27 heavy (non-hydrogen) atoms. The number of amides is 1. The molecule has 6 nitrogen and oxygen atoms in total. The molecule has 0 aliphatic rings. The first kappa shape index (κ1) is 21.2. The van der Waals surface area contributed by atoms with Crippen molar-refractivity contribution in [2.45, 2.75) is 31.6 Å². The molecular weight excluding hydrogens is 388 g/mol. The summed E-state index contributed by atoms with van der Waals surface area (Å²) < 4.78 is 32.2. The zero-order valence-corrected chi connectivity index (χ0v) is 16.9. The number of aryl methyl sites for hydroxylation is 1. The maximum Gasteiger partial charge on any atom is 0.262 e. The molecule has 0 aliphatic heterocycles. The third kappa shape index (κ3) is 6.53. The lowest BCUT2D eigenvalue weighted by Gasteiger charge is -2.11. The molecule has 146 valence electrons. The van der Waals surface area contributed by atoms with Gasteiger partial charge in [0, 0.05) is 17.3 Å². The summed E-state index contributed by atoms with van der Waals surface area (Å²) in [6.45, 7) is 4.05. The molecule has 0 spiro atoms. The van der Waals surface area contributed by atoms with Gasteiger partial charge in [0.05, 0.1) is 4.90 Å². The van der Waals surface area contributed by atoms with Crippen LogP contribution in [0.15, 0.2) is 47.4 Å². The quantitative estimate of drug-likeness (QED) is 0.616. The van der Waals surface area contributed by atoms with Crippen molar-refractivity contribution in [2.24, 2.45) is 0 Å². The Bertz CT molecular complexity index is 883. The highest BCUT2D eigenvalue weighted by molar-refractivity contribution is 7.89. The van der Waals surface area contributed by atoms with Gasteiger partial charge in [-0.15, -0.1) is 0 Å². The molecular formula is C19H23ClN2O4S. The van der Waals surface area contributed by atoms with Crippen LogP contribution >= 0.6 is 11.6 Å². The fourth-order valence-electron chi connectivity index (χ4n) is 2.25. The first-order chi connectivity index (χ1) is 12.8. The molecule has 8 heteroatoms. The minimum Gasteiger partial charge on any atom is -0.484 e. The van der Waals surface area contributed by atoms with Crippen molar-refractivity contribution >= 4 is 33.2 Å². The first-order valence-electron chi connectivity index (χ1n) is 8.60. The predicted octanol–water partition coefficient (Wildman–Crippen LogP) is 3.74. The topological polar surface area (TPSA) is 84.5 Å². The van der Waals surface area contributed by atoms with Crippen molar-refractivity contribution in [3.05, 3.63) is 53.1 Å². The second-order valence-corrected chi connectivity index (χ2v) is 8.22. The van der Waals surface area contributed by atoms with Gasteiger partial charge in [-0.3, -0.25) is 4.79 Å². The number of hydrogen-bond donors (Lipinski definition) is 2. The van der Waals surface area contributed by atoms with Gasteiger partial charge in [0.15, 0.2) is 6.61 Å². The molecule has 0 fully saturated rings. The Morgan fingerprint density at radius 1 is 1.15 bits per heavy atom. The fourth-order valence-corrected chi connectivity index (χ4v) is 3.49. The van der Waals surface area contributed by atoms with Crippen LogP contribution in [0.25, 0.3) is 0 Å². The number of halogens is 1. The highest BCUT2D eigenvalue weighted by atomic mass is 35.5. The van der Waals surface area contributed by atoms with Crippen molar-refractivity contribution in [3.8, 4) is 5.75 Å². The van der Waals surface area contributed by atoms with Gasteiger partial charge in [0.2, 0.25) is 10.0 Å². The lowest BCUT2D eigenvalue weighted by Crippen LogP contribution is -2.24. The number of anilines is 1. The van der Waals surface area contributed by atoms with E-state index in [2.05, 4.69) is 10.0 Å². The molecule has 0 saturated carbocycles. The van der Waals surface area contributed by atoms with Crippen LogP contribution in [-0.2, 0) is 14.8 Å². The van der Waals surface area contributed by atoms with E-state index in [9.17, 15) is 13.2 Å². The van der Waals surface area contributed by atoms with Crippen molar-refractivity contribution < 1.29 is 17.9 Å². The predicted molar refractivity (Wildman–Crippen MR) is 107 cm³/mol. The lowest BCUT2D eigenvalue weighted by molar-refractivity contribution is -0.118. The highest BCUT2D eigenvalue weighted by Gasteiger charge is 2.13. The fraction of sp³-hybridized carbons (Fsp3) is 0.316. The monoisotopic (exact) mass is 410 g/mol. The van der Waals surface area contributed by atoms with Gasteiger partial charge in [-0.05, 0) is 55.3 Å². The molecule has 2 aromatic rings. The number of sulfonamides is 1. The third-order valence-electron chi connectivity index (χ3n) is 3.80. The molecule has 2 rings (SSSR count). The largest absolute Gasteiger partial charge is 0.484 e. The highest BCUT2D eigenvalue weighted by Crippen LogP contribution is 2.20. The average molecular weight is 411 g/mol. The molecule has 2 aromatic carbocycles. The maximum absolute atomic E-state index is 12.1. The Kier molecular flexibility index (Phi) is 7.65. The summed E-state index contributed by atoms with van der Waals surface area (Å²) in [5, 5.41) is 3.26. The van der Waals surface area contributed by atoms with E-state index in [1.54, 1.807) is 12.1 Å². The number of unbranched alkanes of at least 4 members (excludes halogenated alkanes) is 1. The number of benzene rings is 2. The van der Waals surface area contributed by atoms with Crippen LogP contribution in [0.2, 0.25) is 5.02 Å². The van der Waals surface area contributed by atoms with Crippen LogP contribution in [0.5, 0.6) is 5.75 Å². The average Bonchev–Trinajstić information content (AvgIpc) is 2.63. The maximum atomic E-state index is 12.1. The lowest BCUT2D eigenvalue weighted by atomic mass is 10.2. The van der Waals surface area contributed by atoms with Crippen LogP contribution < -0.4 is 14.8 Å². The second kappa shape index (κ2) is 9.73. The summed E-state index contributed by atoms with van der Waals surface area (Å²) in [7, 11) is -3.53. The molecule has 0 saturated heterocycles. The Hall–Kier alpha value is -2.09. The van der Waals surface area contributed by atoms with Gasteiger partial charge in [-0.1, -0.05) is 31.0 Å². The normalized spacial score (nSPS) is 11.2. The number of rotatable bonds is 9. The van der Waals surface area contributed by atoms with E-state index < -0.39 is 10.0 Å². The number of ether oxygens (including phenoxy) is 1. The van der Waals surface area contributed by atoms with Crippen molar-refractivity contribution in [1.82, 2.24) is 4.72 Å². The van der Waals surface area contributed by atoms with Gasteiger partial charge in [0.25, 0.3) is 5.91 Å². The van der Waals surface area contributed by atoms with E-state index >= 15 is 0 Å². The Balaban J connectivity index is 1.91. The molecule has 2 N–H and O–H groups in total. The number of nitrogens with one attached hydrogen (secondary N) is 2. The van der Waals surface area contributed by atoms with Crippen LogP contribution in [0.4, 0.5) is 5.69 Å². The zero-order valence-electron chi connectivity index (χ0n) is 15.3. The zero-order chi connectivity index (χ0) is 19.9. The van der Waals surface area contributed by atoms with Gasteiger partial charge in [0.1, 0.15) is 5.75 Å². The Labute approximate surface area is 164 Å². The molecule has 0 atom stereocenters. The van der Waals surface area contributed by atoms with E-state index in [1.807, 2.05) is 19.9 Å². The van der Waals surface area contributed by atoms with E-state index in [-0.39, 0.29) is 17.4 Å². The molecule has 0 bridgehead atoms. The third-order valence-corrected chi connectivity index (χ3v) is 5.51. The van der Waals surface area contributed by atoms with E-state index in [0.29, 0.717) is 23.0 Å². The summed E-state index contributed by atoms with van der Waals surface area (Å²) in [6.07, 6.45) is 1.69. The Morgan fingerprint density at radius 3 is 2.52 bits per heavy atom. The molecule has 0 aliphatic carbocycles. The number of carbonyl (C=O) groups excluding carboxylic acids is 1. The van der Waals surface area contributed by atoms with Crippen molar-refractivity contribution in [2.75, 3.05) is 18.5 Å². The minimum atomic E-state index is -3.53. The summed E-state index contributed by atoms with van der Waals surface area (Å²) in [5.41, 5.74) is 1.51. The molecule has 0 aromatic heterocycles. The molecule has 0 unspecified atom stereocenters. The summed E-state index contributed by atoms with van der Waals surface area (Å²) in [4.78, 5) is 12.2. The van der Waals surface area contributed by atoms with Gasteiger partial charge in [-0.25, -0.2) is 13.1 Å². The van der Waals surface area contributed by atoms with Crippen LogP contribution in [0.1, 0.15) is 25.3 Å². The van der Waals surface area contributed by atoms with E-state index in [0.717, 1.165) is 18.4 Å². The van der Waals surface area contributed by atoms with E-state index in [4.69, 9.17) is 16.3 Å². The van der Waals surface area contributed by atoms with Crippen LogP contribution in [-0.4, -0.2) is 27.5 Å². The van der Waals surface area contributed by atoms with Crippen LogP contribution in [0, 0.1) is 6.92 Å². The van der Waals surface area contributed by atoms with Crippen LogP contribution in [0.3, 0.4) is 0 Å². The van der Waals surface area contributed by atoms with E-state index in [1.165, 1.54) is 24.3 Å². The van der Waals surface area contributed by atoms with Crippen molar-refractivity contribution in [3.63, 3.8) is 0 Å². The van der Waals surface area contributed by atoms with Gasteiger partial charge in [-0.2, -0.15) is 0 Å². The molecule has 1 amide bonds. The molecule has 0 radical (unpaired) electrons. The SMILES string of the molecule is CCCCNS(=O)(=O)c1ccc(OCC(=O)Nc2cc(Cl)ccc2C)cc1. The number of carbonyl (C=O) groups is 1. The van der Waals surface area contributed by atoms with Gasteiger partial charge >= 0.3 is 0 Å². The number of hydrogen-bond acceptors (Lipinski definition) is 4. The standard InChI is InChI=1S/C19H23ClN2O4S/c1-3-4-11-21-27(24,25)17-9-7-16(8-10-17)26-13-19(23)22-18-12-15(20)6-5-14(18)2/h5-10,12,21H,3-4,11,13H2,1-2H3,(H,22,23). The van der Waals surface area contributed by atoms with Gasteiger partial charge < -0.3 is 10.1 Å². The summed E-state index contributed by atoms with van der Waals surface area (Å²) in [6, 6.07) is 11.2. The smallest absolute Gasteiger partial charge is 0.262 e. The summed E-state index contributed by atoms with van der Waals surface area (Å²) in [5.74, 6) is 0.0683. The second-order valence-electron chi connectivity index (χ2n) is 6.02.